The summed E-state index contributed by atoms with van der Waals surface area (Å²) in [5.41, 5.74) is -0.0287. The molecular weight excluding hydrogens is 259 g/mol. The lowest BCUT2D eigenvalue weighted by atomic mass is 10.2. The molecule has 0 unspecified atom stereocenters. The van der Waals surface area contributed by atoms with Crippen molar-refractivity contribution in [3.8, 4) is 0 Å². The summed E-state index contributed by atoms with van der Waals surface area (Å²) in [6.07, 6.45) is 2.02. The molecule has 1 aromatic heterocycles. The molecule has 0 bridgehead atoms. The Balaban J connectivity index is 2.31. The molecule has 0 aliphatic carbocycles. The Morgan fingerprint density at radius 2 is 2.22 bits per heavy atom. The van der Waals surface area contributed by atoms with Crippen LogP contribution in [0.2, 0.25) is 5.15 Å². The van der Waals surface area contributed by atoms with Crippen molar-refractivity contribution in [2.45, 2.75) is 19.8 Å². The number of halogens is 2. The molecule has 98 valence electrons. The molecule has 18 heavy (non-hydrogen) atoms. The van der Waals surface area contributed by atoms with Gasteiger partial charge >= 0.3 is 5.97 Å². The van der Waals surface area contributed by atoms with Crippen LogP contribution in [0.1, 0.15) is 30.1 Å². The quantitative estimate of drug-likeness (QED) is 0.627. The standard InChI is InChI=1S/C12H14ClFN2O2/c1-2-18-12(17)8-7-9(14)11(15-10(8)13)16-5-3-4-6-16/h7H,2-6H2,1H3. The van der Waals surface area contributed by atoms with Crippen molar-refractivity contribution in [1.82, 2.24) is 4.98 Å². The van der Waals surface area contributed by atoms with Crippen LogP contribution in [0, 0.1) is 5.82 Å². The van der Waals surface area contributed by atoms with Crippen molar-refractivity contribution >= 4 is 23.4 Å². The lowest BCUT2D eigenvalue weighted by Crippen LogP contribution is -2.21. The van der Waals surface area contributed by atoms with Crippen LogP contribution in [0.15, 0.2) is 6.07 Å². The number of ether oxygens (including phenoxy) is 1. The second-order valence-corrected chi connectivity index (χ2v) is 4.40. The van der Waals surface area contributed by atoms with E-state index in [4.69, 9.17) is 16.3 Å². The molecule has 0 N–H and O–H groups in total. The van der Waals surface area contributed by atoms with Gasteiger partial charge in [0.1, 0.15) is 10.7 Å². The van der Waals surface area contributed by atoms with Crippen molar-refractivity contribution in [3.63, 3.8) is 0 Å². The number of nitrogens with zero attached hydrogens (tertiary/aromatic N) is 2. The summed E-state index contributed by atoms with van der Waals surface area (Å²) < 4.78 is 18.7. The number of carbonyl (C=O) groups is 1. The molecule has 0 spiro atoms. The van der Waals surface area contributed by atoms with Gasteiger partial charge in [0, 0.05) is 13.1 Å². The van der Waals surface area contributed by atoms with Gasteiger partial charge in [-0.25, -0.2) is 14.2 Å². The van der Waals surface area contributed by atoms with Crippen LogP contribution in [-0.2, 0) is 4.74 Å². The van der Waals surface area contributed by atoms with Gasteiger partial charge in [0.05, 0.1) is 6.61 Å². The minimum absolute atomic E-state index is 0.0169. The predicted octanol–water partition coefficient (Wildman–Crippen LogP) is 2.65. The van der Waals surface area contributed by atoms with Gasteiger partial charge in [-0.15, -0.1) is 0 Å². The van der Waals surface area contributed by atoms with Gasteiger partial charge in [-0.05, 0) is 25.8 Å². The first-order valence-corrected chi connectivity index (χ1v) is 6.29. The maximum Gasteiger partial charge on any atom is 0.341 e. The number of hydrogen-bond acceptors (Lipinski definition) is 4. The SMILES string of the molecule is CCOC(=O)c1cc(F)c(N2CCCC2)nc1Cl. The van der Waals surface area contributed by atoms with Crippen LogP contribution < -0.4 is 4.90 Å². The Hall–Kier alpha value is -1.36. The van der Waals surface area contributed by atoms with E-state index < -0.39 is 11.8 Å². The molecule has 2 rings (SSSR count). The van der Waals surface area contributed by atoms with E-state index in [1.54, 1.807) is 6.92 Å². The molecule has 0 amide bonds. The van der Waals surface area contributed by atoms with E-state index in [2.05, 4.69) is 4.98 Å². The molecule has 1 fully saturated rings. The molecule has 1 aromatic rings. The summed E-state index contributed by atoms with van der Waals surface area (Å²) in [5.74, 6) is -0.975. The maximum absolute atomic E-state index is 13.9. The summed E-state index contributed by atoms with van der Waals surface area (Å²) >= 11 is 5.91. The number of hydrogen-bond donors (Lipinski definition) is 0. The number of rotatable bonds is 3. The van der Waals surface area contributed by atoms with E-state index >= 15 is 0 Å². The van der Waals surface area contributed by atoms with E-state index in [9.17, 15) is 9.18 Å². The van der Waals surface area contributed by atoms with Gasteiger partial charge in [0.25, 0.3) is 0 Å². The molecule has 0 atom stereocenters. The molecule has 1 saturated heterocycles. The third-order valence-corrected chi connectivity index (χ3v) is 3.10. The highest BCUT2D eigenvalue weighted by Gasteiger charge is 2.22. The van der Waals surface area contributed by atoms with Crippen molar-refractivity contribution in [2.75, 3.05) is 24.6 Å². The normalized spacial score (nSPS) is 14.9. The van der Waals surface area contributed by atoms with E-state index in [1.165, 1.54) is 0 Å². The fourth-order valence-electron chi connectivity index (χ4n) is 1.96. The average Bonchev–Trinajstić information content (AvgIpc) is 2.85. The van der Waals surface area contributed by atoms with Crippen molar-refractivity contribution in [1.29, 1.82) is 0 Å². The highest BCUT2D eigenvalue weighted by Crippen LogP contribution is 2.26. The third-order valence-electron chi connectivity index (χ3n) is 2.81. The van der Waals surface area contributed by atoms with E-state index in [0.717, 1.165) is 32.0 Å². The lowest BCUT2D eigenvalue weighted by molar-refractivity contribution is 0.0525. The molecule has 0 saturated carbocycles. The van der Waals surface area contributed by atoms with Gasteiger partial charge in [-0.2, -0.15) is 0 Å². The molecule has 0 radical (unpaired) electrons. The number of anilines is 1. The van der Waals surface area contributed by atoms with Crippen LogP contribution in [0.3, 0.4) is 0 Å². The minimum atomic E-state index is -0.651. The number of pyridine rings is 1. The monoisotopic (exact) mass is 272 g/mol. The number of carbonyl (C=O) groups excluding carboxylic acids is 1. The summed E-state index contributed by atoms with van der Waals surface area (Å²) in [4.78, 5) is 17.3. The number of aromatic nitrogens is 1. The van der Waals surface area contributed by atoms with Crippen molar-refractivity contribution < 1.29 is 13.9 Å². The molecule has 1 aliphatic rings. The molecule has 2 heterocycles. The maximum atomic E-state index is 13.9. The fraction of sp³-hybridized carbons (Fsp3) is 0.500. The molecular formula is C12H14ClFN2O2. The Morgan fingerprint density at radius 3 is 2.83 bits per heavy atom. The highest BCUT2D eigenvalue weighted by molar-refractivity contribution is 6.32. The van der Waals surface area contributed by atoms with Crippen LogP contribution in [-0.4, -0.2) is 30.6 Å². The molecule has 4 nitrogen and oxygen atoms in total. The van der Waals surface area contributed by atoms with Crippen LogP contribution in [0.25, 0.3) is 0 Å². The van der Waals surface area contributed by atoms with Crippen molar-refractivity contribution in [3.05, 3.63) is 22.6 Å². The topological polar surface area (TPSA) is 42.4 Å². The Morgan fingerprint density at radius 1 is 1.56 bits per heavy atom. The lowest BCUT2D eigenvalue weighted by Gasteiger charge is -2.17. The average molecular weight is 273 g/mol. The minimum Gasteiger partial charge on any atom is -0.462 e. The Kier molecular flexibility index (Phi) is 4.01. The summed E-state index contributed by atoms with van der Waals surface area (Å²) in [6.45, 7) is 3.41. The summed E-state index contributed by atoms with van der Waals surface area (Å²) in [5, 5.41) is -0.0169. The van der Waals surface area contributed by atoms with Gasteiger partial charge in [-0.3, -0.25) is 0 Å². The highest BCUT2D eigenvalue weighted by atomic mass is 35.5. The van der Waals surface area contributed by atoms with Gasteiger partial charge < -0.3 is 9.64 Å². The molecule has 6 heteroatoms. The smallest absolute Gasteiger partial charge is 0.341 e. The van der Waals surface area contributed by atoms with Crippen molar-refractivity contribution in [2.24, 2.45) is 0 Å². The number of esters is 1. The zero-order valence-electron chi connectivity index (χ0n) is 10.1. The fourth-order valence-corrected chi connectivity index (χ4v) is 2.17. The predicted molar refractivity (Wildman–Crippen MR) is 66.6 cm³/mol. The third kappa shape index (κ3) is 2.56. The second kappa shape index (κ2) is 5.52. The molecule has 0 aromatic carbocycles. The second-order valence-electron chi connectivity index (χ2n) is 4.05. The first-order valence-electron chi connectivity index (χ1n) is 5.91. The first-order chi connectivity index (χ1) is 8.63. The first kappa shape index (κ1) is 13.1. The van der Waals surface area contributed by atoms with Crippen LogP contribution in [0.4, 0.5) is 10.2 Å². The van der Waals surface area contributed by atoms with E-state index in [0.29, 0.717) is 0 Å². The van der Waals surface area contributed by atoms with E-state index in [-0.39, 0.29) is 23.1 Å². The zero-order valence-corrected chi connectivity index (χ0v) is 10.8. The summed E-state index contributed by atoms with van der Waals surface area (Å²) in [6, 6.07) is 1.10. The van der Waals surface area contributed by atoms with Gasteiger partial charge in [0.2, 0.25) is 0 Å². The largest absolute Gasteiger partial charge is 0.462 e. The summed E-state index contributed by atoms with van der Waals surface area (Å²) in [7, 11) is 0. The van der Waals surface area contributed by atoms with Gasteiger partial charge in [-0.1, -0.05) is 11.6 Å². The zero-order chi connectivity index (χ0) is 13.1. The Labute approximate surface area is 110 Å². The van der Waals surface area contributed by atoms with Crippen LogP contribution in [0.5, 0.6) is 0 Å². The van der Waals surface area contributed by atoms with Crippen LogP contribution >= 0.6 is 11.6 Å². The molecule has 1 aliphatic heterocycles. The Bertz CT molecular complexity index is 462. The van der Waals surface area contributed by atoms with Gasteiger partial charge in [0.15, 0.2) is 11.6 Å². The van der Waals surface area contributed by atoms with E-state index in [1.807, 2.05) is 4.90 Å².